The third kappa shape index (κ3) is 13.6. The zero-order chi connectivity index (χ0) is 22.3. The molecule has 0 saturated heterocycles. The highest BCUT2D eigenvalue weighted by molar-refractivity contribution is 5.88. The number of aliphatic carboxylic acids is 2. The SMILES string of the molecule is CCCCCCCCCC(=O)OCC(O)COC(=O)CC(O)(CC(=O)O)C(=O)O. The minimum absolute atomic E-state index is 0.223. The molecule has 0 aliphatic heterocycles. The van der Waals surface area contributed by atoms with Crippen LogP contribution in [-0.2, 0) is 28.7 Å². The van der Waals surface area contributed by atoms with E-state index in [-0.39, 0.29) is 6.42 Å². The molecule has 0 aliphatic rings. The van der Waals surface area contributed by atoms with Crippen molar-refractivity contribution in [2.75, 3.05) is 13.2 Å². The first-order valence-corrected chi connectivity index (χ1v) is 9.77. The summed E-state index contributed by atoms with van der Waals surface area (Å²) in [6.45, 7) is 1.15. The van der Waals surface area contributed by atoms with E-state index in [0.29, 0.717) is 6.42 Å². The van der Waals surface area contributed by atoms with Gasteiger partial charge in [-0.05, 0) is 6.42 Å². The molecule has 10 heteroatoms. The molecule has 0 aromatic heterocycles. The van der Waals surface area contributed by atoms with Gasteiger partial charge in [0, 0.05) is 6.42 Å². The Labute approximate surface area is 169 Å². The van der Waals surface area contributed by atoms with E-state index in [4.69, 9.17) is 14.9 Å². The smallest absolute Gasteiger partial charge is 0.336 e. The zero-order valence-corrected chi connectivity index (χ0v) is 16.8. The van der Waals surface area contributed by atoms with E-state index in [0.717, 1.165) is 19.3 Å². The summed E-state index contributed by atoms with van der Waals surface area (Å²) in [4.78, 5) is 44.7. The highest BCUT2D eigenvalue weighted by Crippen LogP contribution is 2.17. The molecule has 0 bridgehead atoms. The van der Waals surface area contributed by atoms with Gasteiger partial charge in [-0.15, -0.1) is 0 Å². The van der Waals surface area contributed by atoms with Gasteiger partial charge in [0.15, 0.2) is 5.60 Å². The lowest BCUT2D eigenvalue weighted by Crippen LogP contribution is -2.43. The second-order valence-electron chi connectivity index (χ2n) is 6.98. The lowest BCUT2D eigenvalue weighted by Gasteiger charge is -2.20. The van der Waals surface area contributed by atoms with E-state index in [1.54, 1.807) is 0 Å². The van der Waals surface area contributed by atoms with E-state index in [1.807, 2.05) is 0 Å². The van der Waals surface area contributed by atoms with Crippen molar-refractivity contribution in [1.82, 2.24) is 0 Å². The summed E-state index contributed by atoms with van der Waals surface area (Å²) in [6.07, 6.45) is 3.98. The predicted octanol–water partition coefficient (Wildman–Crippen LogP) is 1.25. The first-order chi connectivity index (χ1) is 13.6. The van der Waals surface area contributed by atoms with Crippen LogP contribution >= 0.6 is 0 Å². The molecule has 10 nitrogen and oxygen atoms in total. The molecule has 0 aliphatic carbocycles. The Hall–Kier alpha value is -2.20. The number of ether oxygens (including phenoxy) is 2. The van der Waals surface area contributed by atoms with Crippen molar-refractivity contribution >= 4 is 23.9 Å². The van der Waals surface area contributed by atoms with Crippen molar-refractivity contribution in [2.24, 2.45) is 0 Å². The first-order valence-electron chi connectivity index (χ1n) is 9.77. The van der Waals surface area contributed by atoms with Gasteiger partial charge in [0.25, 0.3) is 0 Å². The number of unbranched alkanes of at least 4 members (excludes halogenated alkanes) is 6. The lowest BCUT2D eigenvalue weighted by atomic mass is 9.96. The van der Waals surface area contributed by atoms with Crippen LogP contribution in [0.2, 0.25) is 0 Å². The van der Waals surface area contributed by atoms with Gasteiger partial charge in [-0.2, -0.15) is 0 Å². The average molecular weight is 420 g/mol. The Bertz CT molecular complexity index is 533. The van der Waals surface area contributed by atoms with Crippen LogP contribution in [0.1, 0.15) is 71.1 Å². The minimum Gasteiger partial charge on any atom is -0.481 e. The molecule has 2 atom stereocenters. The van der Waals surface area contributed by atoms with Crippen molar-refractivity contribution in [2.45, 2.75) is 82.8 Å². The molecule has 0 radical (unpaired) electrons. The van der Waals surface area contributed by atoms with E-state index >= 15 is 0 Å². The summed E-state index contributed by atoms with van der Waals surface area (Å²) in [7, 11) is 0. The fourth-order valence-electron chi connectivity index (χ4n) is 2.48. The van der Waals surface area contributed by atoms with Crippen LogP contribution in [0, 0.1) is 0 Å². The van der Waals surface area contributed by atoms with Crippen LogP contribution in [0.15, 0.2) is 0 Å². The van der Waals surface area contributed by atoms with Gasteiger partial charge in [0.1, 0.15) is 19.3 Å². The maximum atomic E-state index is 11.6. The summed E-state index contributed by atoms with van der Waals surface area (Å²) in [5.74, 6) is -5.16. The molecule has 0 amide bonds. The van der Waals surface area contributed by atoms with E-state index in [2.05, 4.69) is 11.7 Å². The van der Waals surface area contributed by atoms with Crippen LogP contribution in [0.3, 0.4) is 0 Å². The summed E-state index contributed by atoms with van der Waals surface area (Å²) in [6, 6.07) is 0. The Kier molecular flexibility index (Phi) is 13.6. The van der Waals surface area contributed by atoms with Crippen LogP contribution in [0.4, 0.5) is 0 Å². The fraction of sp³-hybridized carbons (Fsp3) is 0.789. The quantitative estimate of drug-likeness (QED) is 0.198. The summed E-state index contributed by atoms with van der Waals surface area (Å²) in [5, 5.41) is 36.9. The predicted molar refractivity (Wildman–Crippen MR) is 100.0 cm³/mol. The molecular formula is C19H32O10. The average Bonchev–Trinajstić information content (AvgIpc) is 2.63. The number of aliphatic hydroxyl groups excluding tert-OH is 1. The van der Waals surface area contributed by atoms with E-state index in [1.165, 1.54) is 19.3 Å². The van der Waals surface area contributed by atoms with Crippen LogP contribution < -0.4 is 0 Å². The van der Waals surface area contributed by atoms with Gasteiger partial charge >= 0.3 is 23.9 Å². The van der Waals surface area contributed by atoms with Gasteiger partial charge in [-0.25, -0.2) is 4.79 Å². The first kappa shape index (κ1) is 26.8. The molecule has 168 valence electrons. The van der Waals surface area contributed by atoms with Crippen molar-refractivity contribution in [3.63, 3.8) is 0 Å². The molecule has 0 saturated carbocycles. The number of carbonyl (C=O) groups is 4. The molecule has 0 aromatic rings. The molecule has 0 fully saturated rings. The number of hydrogen-bond acceptors (Lipinski definition) is 8. The third-order valence-electron chi connectivity index (χ3n) is 4.14. The van der Waals surface area contributed by atoms with Gasteiger partial charge in [0.05, 0.1) is 12.8 Å². The number of carboxylic acids is 2. The van der Waals surface area contributed by atoms with E-state index < -0.39 is 61.6 Å². The van der Waals surface area contributed by atoms with Crippen molar-refractivity contribution in [3.05, 3.63) is 0 Å². The minimum atomic E-state index is -2.81. The van der Waals surface area contributed by atoms with Crippen LogP contribution in [-0.4, -0.2) is 69.2 Å². The van der Waals surface area contributed by atoms with Crippen molar-refractivity contribution in [3.8, 4) is 0 Å². The normalized spacial score (nSPS) is 13.9. The lowest BCUT2D eigenvalue weighted by molar-refractivity contribution is -0.173. The molecule has 29 heavy (non-hydrogen) atoms. The maximum Gasteiger partial charge on any atom is 0.336 e. The molecular weight excluding hydrogens is 388 g/mol. The highest BCUT2D eigenvalue weighted by Gasteiger charge is 2.41. The Morgan fingerprint density at radius 2 is 1.34 bits per heavy atom. The van der Waals surface area contributed by atoms with Gasteiger partial charge in [-0.3, -0.25) is 14.4 Å². The number of carboxylic acid groups (broad SMARTS) is 2. The summed E-state index contributed by atoms with van der Waals surface area (Å²) < 4.78 is 9.48. The molecule has 0 spiro atoms. The fourth-order valence-corrected chi connectivity index (χ4v) is 2.48. The standard InChI is InChI=1S/C19H32O10/c1-2-3-4-5-6-7-8-9-16(23)28-12-14(20)13-29-17(24)11-19(27,18(25)26)10-15(21)22/h14,20,27H,2-13H2,1H3,(H,21,22)(H,25,26). The summed E-state index contributed by atoms with van der Waals surface area (Å²) >= 11 is 0. The second-order valence-corrected chi connectivity index (χ2v) is 6.98. The van der Waals surface area contributed by atoms with Crippen molar-refractivity contribution < 1.29 is 49.1 Å². The summed E-state index contributed by atoms with van der Waals surface area (Å²) in [5.41, 5.74) is -2.81. The molecule has 2 unspecified atom stereocenters. The van der Waals surface area contributed by atoms with Crippen LogP contribution in [0.5, 0.6) is 0 Å². The number of esters is 2. The Morgan fingerprint density at radius 1 is 0.828 bits per heavy atom. The molecule has 0 aromatic carbocycles. The number of hydrogen-bond donors (Lipinski definition) is 4. The van der Waals surface area contributed by atoms with E-state index in [9.17, 15) is 29.4 Å². The molecule has 0 heterocycles. The Morgan fingerprint density at radius 3 is 1.86 bits per heavy atom. The highest BCUT2D eigenvalue weighted by atomic mass is 16.6. The largest absolute Gasteiger partial charge is 0.481 e. The Balaban J connectivity index is 4.00. The number of carbonyl (C=O) groups excluding carboxylic acids is 2. The second kappa shape index (κ2) is 14.7. The third-order valence-corrected chi connectivity index (χ3v) is 4.14. The number of aliphatic hydroxyl groups is 2. The number of rotatable bonds is 17. The topological polar surface area (TPSA) is 168 Å². The van der Waals surface area contributed by atoms with Crippen LogP contribution in [0.25, 0.3) is 0 Å². The van der Waals surface area contributed by atoms with Crippen molar-refractivity contribution in [1.29, 1.82) is 0 Å². The van der Waals surface area contributed by atoms with Gasteiger partial charge < -0.3 is 29.9 Å². The molecule has 4 N–H and O–H groups in total. The van der Waals surface area contributed by atoms with Gasteiger partial charge in [-0.1, -0.05) is 45.4 Å². The monoisotopic (exact) mass is 420 g/mol. The van der Waals surface area contributed by atoms with Gasteiger partial charge in [0.2, 0.25) is 0 Å². The zero-order valence-electron chi connectivity index (χ0n) is 16.8. The maximum absolute atomic E-state index is 11.6. The molecule has 0 rings (SSSR count).